The van der Waals surface area contributed by atoms with Crippen molar-refractivity contribution in [2.45, 2.75) is 174 Å². The molecule has 0 aliphatic heterocycles. The van der Waals surface area contributed by atoms with Crippen LogP contribution in [0.25, 0.3) is 0 Å². The molecule has 1 atom stereocenters. The SMILES string of the molecule is CCCCCCCCCCCC(=O)N[C@@H](CC(=O)O)C(=O)OCCCCCCCCCCCCCC(C)C. The quantitative estimate of drug-likeness (QED) is 0.0766. The van der Waals surface area contributed by atoms with Gasteiger partial charge in [0.1, 0.15) is 6.04 Å². The molecule has 0 aromatic rings. The lowest BCUT2D eigenvalue weighted by Crippen LogP contribution is -2.43. The Balaban J connectivity index is 3.81. The highest BCUT2D eigenvalue weighted by Crippen LogP contribution is 2.14. The van der Waals surface area contributed by atoms with Gasteiger partial charge in [-0.1, -0.05) is 143 Å². The molecule has 6 heteroatoms. The van der Waals surface area contributed by atoms with Crippen LogP contribution in [0.2, 0.25) is 0 Å². The van der Waals surface area contributed by atoms with E-state index in [0.29, 0.717) is 6.42 Å². The lowest BCUT2D eigenvalue weighted by molar-refractivity contribution is -0.151. The van der Waals surface area contributed by atoms with E-state index in [2.05, 4.69) is 26.1 Å². The molecule has 0 saturated heterocycles. The van der Waals surface area contributed by atoms with Crippen LogP contribution in [0.15, 0.2) is 0 Å². The maximum atomic E-state index is 12.4. The first-order chi connectivity index (χ1) is 18.4. The minimum absolute atomic E-state index is 0.272. The normalized spacial score (nSPS) is 12.0. The van der Waals surface area contributed by atoms with Gasteiger partial charge in [0.05, 0.1) is 13.0 Å². The van der Waals surface area contributed by atoms with E-state index in [1.807, 2.05) is 0 Å². The molecule has 0 aliphatic rings. The van der Waals surface area contributed by atoms with Crippen molar-refractivity contribution < 1.29 is 24.2 Å². The third-order valence-electron chi connectivity index (χ3n) is 7.18. The van der Waals surface area contributed by atoms with Gasteiger partial charge in [-0.25, -0.2) is 4.79 Å². The van der Waals surface area contributed by atoms with Gasteiger partial charge in [0.25, 0.3) is 0 Å². The van der Waals surface area contributed by atoms with Crippen molar-refractivity contribution in [1.82, 2.24) is 5.32 Å². The van der Waals surface area contributed by atoms with E-state index < -0.39 is 24.4 Å². The van der Waals surface area contributed by atoms with E-state index >= 15 is 0 Å². The Hall–Kier alpha value is -1.59. The summed E-state index contributed by atoms with van der Waals surface area (Å²) in [6, 6.07) is -1.11. The molecule has 38 heavy (non-hydrogen) atoms. The molecule has 1 amide bonds. The van der Waals surface area contributed by atoms with E-state index in [9.17, 15) is 14.4 Å². The summed E-state index contributed by atoms with van der Waals surface area (Å²) in [5.41, 5.74) is 0. The third-order valence-corrected chi connectivity index (χ3v) is 7.18. The number of amides is 1. The standard InChI is InChI=1S/C32H61NO5/c1-4-5-6-7-8-12-16-19-22-25-30(34)33-29(27-31(35)36)32(37)38-26-23-20-17-14-11-9-10-13-15-18-21-24-28(2)3/h28-29H,4-27H2,1-3H3,(H,33,34)(H,35,36)/t29-/m0/s1. The number of carboxylic acid groups (broad SMARTS) is 1. The van der Waals surface area contributed by atoms with Crippen molar-refractivity contribution in [3.8, 4) is 0 Å². The van der Waals surface area contributed by atoms with Crippen molar-refractivity contribution in [3.05, 3.63) is 0 Å². The number of aliphatic carboxylic acids is 1. The minimum Gasteiger partial charge on any atom is -0.481 e. The summed E-state index contributed by atoms with van der Waals surface area (Å²) in [5, 5.41) is 11.7. The van der Waals surface area contributed by atoms with Crippen LogP contribution in [0, 0.1) is 5.92 Å². The maximum absolute atomic E-state index is 12.4. The number of esters is 1. The zero-order chi connectivity index (χ0) is 28.3. The first kappa shape index (κ1) is 36.4. The first-order valence-corrected chi connectivity index (χ1v) is 16.0. The highest BCUT2D eigenvalue weighted by atomic mass is 16.5. The molecule has 6 nitrogen and oxygen atoms in total. The highest BCUT2D eigenvalue weighted by Gasteiger charge is 2.24. The minimum atomic E-state index is -1.12. The molecular formula is C32H61NO5. The van der Waals surface area contributed by atoms with Crippen LogP contribution in [-0.4, -0.2) is 35.6 Å². The van der Waals surface area contributed by atoms with Gasteiger partial charge in [-0.2, -0.15) is 0 Å². The molecule has 0 aliphatic carbocycles. The van der Waals surface area contributed by atoms with Crippen LogP contribution in [0.1, 0.15) is 168 Å². The number of ether oxygens (including phenoxy) is 1. The predicted octanol–water partition coefficient (Wildman–Crippen LogP) is 8.75. The Morgan fingerprint density at radius 3 is 1.58 bits per heavy atom. The molecule has 0 unspecified atom stereocenters. The second-order valence-corrected chi connectivity index (χ2v) is 11.5. The van der Waals surface area contributed by atoms with Crippen LogP contribution >= 0.6 is 0 Å². The molecule has 0 bridgehead atoms. The molecular weight excluding hydrogens is 478 g/mol. The van der Waals surface area contributed by atoms with Crippen LogP contribution in [0.4, 0.5) is 0 Å². The summed E-state index contributed by atoms with van der Waals surface area (Å²) in [6.07, 6.45) is 25.1. The molecule has 0 spiro atoms. The number of hydrogen-bond acceptors (Lipinski definition) is 4. The van der Waals surface area contributed by atoms with E-state index in [-0.39, 0.29) is 12.5 Å². The summed E-state index contributed by atoms with van der Waals surface area (Å²) in [5.74, 6) is -1.21. The summed E-state index contributed by atoms with van der Waals surface area (Å²) in [4.78, 5) is 35.8. The Morgan fingerprint density at radius 2 is 1.11 bits per heavy atom. The van der Waals surface area contributed by atoms with Gasteiger partial charge in [0.15, 0.2) is 0 Å². The van der Waals surface area contributed by atoms with Gasteiger partial charge in [0.2, 0.25) is 5.91 Å². The summed E-state index contributed by atoms with van der Waals surface area (Å²) in [7, 11) is 0. The van der Waals surface area contributed by atoms with Gasteiger partial charge in [-0.05, 0) is 18.8 Å². The van der Waals surface area contributed by atoms with Crippen molar-refractivity contribution >= 4 is 17.8 Å². The van der Waals surface area contributed by atoms with E-state index in [4.69, 9.17) is 9.84 Å². The van der Waals surface area contributed by atoms with Crippen molar-refractivity contribution in [2.24, 2.45) is 5.92 Å². The topological polar surface area (TPSA) is 92.7 Å². The number of nitrogens with one attached hydrogen (secondary N) is 1. The van der Waals surface area contributed by atoms with Crippen molar-refractivity contribution in [3.63, 3.8) is 0 Å². The molecule has 0 aromatic carbocycles. The smallest absolute Gasteiger partial charge is 0.329 e. The second kappa shape index (κ2) is 27.0. The Bertz CT molecular complexity index is 578. The average molecular weight is 540 g/mol. The Morgan fingerprint density at radius 1 is 0.658 bits per heavy atom. The number of carbonyl (C=O) groups is 3. The number of rotatable bonds is 28. The van der Waals surface area contributed by atoms with Gasteiger partial charge in [0, 0.05) is 6.42 Å². The zero-order valence-electron chi connectivity index (χ0n) is 25.2. The lowest BCUT2D eigenvalue weighted by Gasteiger charge is -2.16. The fourth-order valence-corrected chi connectivity index (χ4v) is 4.75. The molecule has 0 aromatic heterocycles. The average Bonchev–Trinajstić information content (AvgIpc) is 2.87. The monoisotopic (exact) mass is 539 g/mol. The first-order valence-electron chi connectivity index (χ1n) is 16.0. The van der Waals surface area contributed by atoms with E-state index in [1.165, 1.54) is 96.3 Å². The Labute approximate surface area is 234 Å². The number of unbranched alkanes of at least 4 members (excludes halogenated alkanes) is 18. The van der Waals surface area contributed by atoms with Crippen LogP contribution in [-0.2, 0) is 19.1 Å². The van der Waals surface area contributed by atoms with Crippen molar-refractivity contribution in [2.75, 3.05) is 6.61 Å². The fourth-order valence-electron chi connectivity index (χ4n) is 4.75. The lowest BCUT2D eigenvalue weighted by atomic mass is 10.0. The van der Waals surface area contributed by atoms with Crippen LogP contribution in [0.5, 0.6) is 0 Å². The molecule has 0 rings (SSSR count). The van der Waals surface area contributed by atoms with Crippen LogP contribution < -0.4 is 5.32 Å². The predicted molar refractivity (Wildman–Crippen MR) is 157 cm³/mol. The molecule has 2 N–H and O–H groups in total. The number of hydrogen-bond donors (Lipinski definition) is 2. The molecule has 224 valence electrons. The molecule has 0 heterocycles. The third kappa shape index (κ3) is 26.0. The van der Waals surface area contributed by atoms with Crippen molar-refractivity contribution in [1.29, 1.82) is 0 Å². The fraction of sp³-hybridized carbons (Fsp3) is 0.906. The Kier molecular flexibility index (Phi) is 25.9. The van der Waals surface area contributed by atoms with Gasteiger partial charge in [-0.15, -0.1) is 0 Å². The highest BCUT2D eigenvalue weighted by molar-refractivity contribution is 5.87. The van der Waals surface area contributed by atoms with Gasteiger partial charge < -0.3 is 15.2 Å². The second-order valence-electron chi connectivity index (χ2n) is 11.5. The molecule has 0 fully saturated rings. The maximum Gasteiger partial charge on any atom is 0.329 e. The summed E-state index contributed by atoms with van der Waals surface area (Å²) >= 11 is 0. The largest absolute Gasteiger partial charge is 0.481 e. The summed E-state index contributed by atoms with van der Waals surface area (Å²) in [6.45, 7) is 7.08. The zero-order valence-corrected chi connectivity index (χ0v) is 25.2. The number of carbonyl (C=O) groups excluding carboxylic acids is 2. The van der Waals surface area contributed by atoms with Gasteiger partial charge >= 0.3 is 11.9 Å². The molecule has 0 saturated carbocycles. The van der Waals surface area contributed by atoms with E-state index in [1.54, 1.807) is 0 Å². The summed E-state index contributed by atoms with van der Waals surface area (Å²) < 4.78 is 5.29. The number of carboxylic acids is 1. The van der Waals surface area contributed by atoms with Gasteiger partial charge in [-0.3, -0.25) is 9.59 Å². The molecule has 0 radical (unpaired) electrons. The van der Waals surface area contributed by atoms with Crippen LogP contribution in [0.3, 0.4) is 0 Å². The van der Waals surface area contributed by atoms with E-state index in [0.717, 1.165) is 44.4 Å².